The Bertz CT molecular complexity index is 725. The summed E-state index contributed by atoms with van der Waals surface area (Å²) in [5, 5.41) is 2.90. The fraction of sp³-hybridized carbons (Fsp3) is 0.300. The third kappa shape index (κ3) is 5.35. The molecule has 132 valence electrons. The fourth-order valence-electron chi connectivity index (χ4n) is 2.39. The number of carbonyl (C=O) groups excluding carboxylic acids is 2. The number of hydrogen-bond acceptors (Lipinski definition) is 4. The van der Waals surface area contributed by atoms with E-state index < -0.39 is 5.97 Å². The van der Waals surface area contributed by atoms with E-state index in [0.717, 1.165) is 12.0 Å². The molecule has 1 amide bonds. The van der Waals surface area contributed by atoms with E-state index in [0.29, 0.717) is 11.3 Å². The minimum atomic E-state index is -0.445. The molecule has 5 nitrogen and oxygen atoms in total. The van der Waals surface area contributed by atoms with Crippen LogP contribution in [0.15, 0.2) is 48.5 Å². The minimum Gasteiger partial charge on any atom is -0.484 e. The van der Waals surface area contributed by atoms with Crippen molar-refractivity contribution in [3.8, 4) is 5.75 Å². The van der Waals surface area contributed by atoms with Crippen molar-refractivity contribution in [3.63, 3.8) is 0 Å². The maximum Gasteiger partial charge on any atom is 0.337 e. The average Bonchev–Trinajstić information content (AvgIpc) is 2.66. The molecule has 0 aliphatic rings. The second-order valence-corrected chi connectivity index (χ2v) is 5.69. The maximum atomic E-state index is 12.1. The van der Waals surface area contributed by atoms with E-state index in [1.165, 1.54) is 12.7 Å². The van der Waals surface area contributed by atoms with Gasteiger partial charge in [0.25, 0.3) is 5.91 Å². The topological polar surface area (TPSA) is 64.6 Å². The van der Waals surface area contributed by atoms with Crippen LogP contribution in [0.3, 0.4) is 0 Å². The first kappa shape index (κ1) is 18.5. The first-order chi connectivity index (χ1) is 12.0. The summed E-state index contributed by atoms with van der Waals surface area (Å²) in [5.74, 6) is -0.229. The van der Waals surface area contributed by atoms with Gasteiger partial charge in [0, 0.05) is 0 Å². The summed E-state index contributed by atoms with van der Waals surface area (Å²) in [7, 11) is 1.32. The molecule has 0 aromatic heterocycles. The summed E-state index contributed by atoms with van der Waals surface area (Å²) in [6, 6.07) is 14.6. The smallest absolute Gasteiger partial charge is 0.337 e. The van der Waals surface area contributed by atoms with Gasteiger partial charge in [0.2, 0.25) is 0 Å². The predicted octanol–water partition coefficient (Wildman–Crippen LogP) is 3.29. The molecule has 1 atom stereocenters. The Morgan fingerprint density at radius 1 is 1.12 bits per heavy atom. The van der Waals surface area contributed by atoms with Crippen LogP contribution in [0.25, 0.3) is 0 Å². The van der Waals surface area contributed by atoms with Crippen molar-refractivity contribution < 1.29 is 19.1 Å². The molecular formula is C20H23NO4. The number of esters is 1. The lowest BCUT2D eigenvalue weighted by molar-refractivity contribution is -0.123. The van der Waals surface area contributed by atoms with E-state index in [1.54, 1.807) is 24.3 Å². The van der Waals surface area contributed by atoms with Crippen molar-refractivity contribution in [3.05, 3.63) is 65.2 Å². The average molecular weight is 341 g/mol. The molecule has 0 saturated heterocycles. The van der Waals surface area contributed by atoms with Crippen LogP contribution < -0.4 is 10.1 Å². The molecule has 0 bridgehead atoms. The van der Waals surface area contributed by atoms with Gasteiger partial charge in [-0.3, -0.25) is 4.79 Å². The first-order valence-electron chi connectivity index (χ1n) is 8.23. The predicted molar refractivity (Wildman–Crippen MR) is 95.7 cm³/mol. The Kier molecular flexibility index (Phi) is 6.57. The highest BCUT2D eigenvalue weighted by Crippen LogP contribution is 2.15. The molecule has 0 aliphatic carbocycles. The van der Waals surface area contributed by atoms with Crippen LogP contribution in [0.2, 0.25) is 0 Å². The van der Waals surface area contributed by atoms with Crippen LogP contribution >= 0.6 is 0 Å². The molecule has 0 saturated carbocycles. The molecule has 2 aromatic rings. The normalized spacial score (nSPS) is 11.5. The number of hydrogen-bond donors (Lipinski definition) is 1. The van der Waals surface area contributed by atoms with Crippen molar-refractivity contribution in [1.82, 2.24) is 5.32 Å². The summed E-state index contributed by atoms with van der Waals surface area (Å²) < 4.78 is 10.1. The van der Waals surface area contributed by atoms with Gasteiger partial charge < -0.3 is 14.8 Å². The fourth-order valence-corrected chi connectivity index (χ4v) is 2.39. The van der Waals surface area contributed by atoms with Gasteiger partial charge in [-0.1, -0.05) is 37.3 Å². The third-order valence-corrected chi connectivity index (χ3v) is 3.89. The molecule has 2 aromatic carbocycles. The lowest BCUT2D eigenvalue weighted by atomic mass is 10.1. The molecule has 1 N–H and O–H groups in total. The molecule has 5 heteroatoms. The van der Waals surface area contributed by atoms with E-state index >= 15 is 0 Å². The third-order valence-electron chi connectivity index (χ3n) is 3.89. The Balaban J connectivity index is 1.88. The minimum absolute atomic E-state index is 0.108. The zero-order valence-corrected chi connectivity index (χ0v) is 14.7. The van der Waals surface area contributed by atoms with Gasteiger partial charge in [0.1, 0.15) is 5.75 Å². The van der Waals surface area contributed by atoms with Gasteiger partial charge in [-0.15, -0.1) is 0 Å². The zero-order valence-electron chi connectivity index (χ0n) is 14.7. The van der Waals surface area contributed by atoms with Crippen molar-refractivity contribution in [2.24, 2.45) is 0 Å². The second-order valence-electron chi connectivity index (χ2n) is 5.69. The molecular weight excluding hydrogens is 318 g/mol. The summed E-state index contributed by atoms with van der Waals surface area (Å²) in [4.78, 5) is 23.6. The molecule has 0 radical (unpaired) electrons. The number of ether oxygens (including phenoxy) is 2. The number of benzene rings is 2. The second kappa shape index (κ2) is 8.87. The van der Waals surface area contributed by atoms with Crippen LogP contribution in [-0.4, -0.2) is 25.6 Å². The molecule has 0 fully saturated rings. The van der Waals surface area contributed by atoms with E-state index in [4.69, 9.17) is 4.74 Å². The quantitative estimate of drug-likeness (QED) is 0.785. The van der Waals surface area contributed by atoms with Gasteiger partial charge in [-0.25, -0.2) is 4.79 Å². The van der Waals surface area contributed by atoms with Gasteiger partial charge in [0.15, 0.2) is 6.61 Å². The summed E-state index contributed by atoms with van der Waals surface area (Å²) in [5.41, 5.74) is 2.68. The SMILES string of the molecule is CCc1ccc(C(C)NC(=O)COc2cccc(C(=O)OC)c2)cc1. The Morgan fingerprint density at radius 3 is 2.48 bits per heavy atom. The lowest BCUT2D eigenvalue weighted by Gasteiger charge is -2.15. The van der Waals surface area contributed by atoms with Crippen LogP contribution in [0.5, 0.6) is 5.75 Å². The molecule has 0 heterocycles. The Hall–Kier alpha value is -2.82. The largest absolute Gasteiger partial charge is 0.484 e. The number of aryl methyl sites for hydroxylation is 1. The van der Waals surface area contributed by atoms with Gasteiger partial charge in [-0.2, -0.15) is 0 Å². The molecule has 1 unspecified atom stereocenters. The Morgan fingerprint density at radius 2 is 1.84 bits per heavy atom. The highest BCUT2D eigenvalue weighted by molar-refractivity contribution is 5.89. The van der Waals surface area contributed by atoms with Crippen molar-refractivity contribution in [2.45, 2.75) is 26.3 Å². The number of rotatable bonds is 7. The van der Waals surface area contributed by atoms with Crippen LogP contribution in [0, 0.1) is 0 Å². The zero-order chi connectivity index (χ0) is 18.2. The van der Waals surface area contributed by atoms with E-state index in [1.807, 2.05) is 19.1 Å². The number of carbonyl (C=O) groups is 2. The first-order valence-corrected chi connectivity index (χ1v) is 8.23. The monoisotopic (exact) mass is 341 g/mol. The van der Waals surface area contributed by atoms with Gasteiger partial charge in [-0.05, 0) is 42.7 Å². The molecule has 2 rings (SSSR count). The molecule has 0 aliphatic heterocycles. The number of amides is 1. The number of methoxy groups -OCH3 is 1. The molecule has 0 spiro atoms. The van der Waals surface area contributed by atoms with Crippen molar-refractivity contribution in [1.29, 1.82) is 0 Å². The molecule has 25 heavy (non-hydrogen) atoms. The maximum absolute atomic E-state index is 12.1. The standard InChI is InChI=1S/C20H23NO4/c1-4-15-8-10-16(11-9-15)14(2)21-19(22)13-25-18-7-5-6-17(12-18)20(23)24-3/h5-12,14H,4,13H2,1-3H3,(H,21,22). The van der Waals surface area contributed by atoms with Gasteiger partial charge in [0.05, 0.1) is 18.7 Å². The Labute approximate surface area is 148 Å². The summed E-state index contributed by atoms with van der Waals surface area (Å²) in [6.45, 7) is 3.91. The van der Waals surface area contributed by atoms with Gasteiger partial charge >= 0.3 is 5.97 Å². The van der Waals surface area contributed by atoms with E-state index in [-0.39, 0.29) is 18.6 Å². The van der Waals surface area contributed by atoms with Crippen molar-refractivity contribution >= 4 is 11.9 Å². The van der Waals surface area contributed by atoms with Crippen LogP contribution in [-0.2, 0) is 16.0 Å². The van der Waals surface area contributed by atoms with Crippen molar-refractivity contribution in [2.75, 3.05) is 13.7 Å². The summed E-state index contributed by atoms with van der Waals surface area (Å²) in [6.07, 6.45) is 0.986. The summed E-state index contributed by atoms with van der Waals surface area (Å²) >= 11 is 0. The number of nitrogens with one attached hydrogen (secondary N) is 1. The highest BCUT2D eigenvalue weighted by Gasteiger charge is 2.11. The van der Waals surface area contributed by atoms with Crippen LogP contribution in [0.4, 0.5) is 0 Å². The van der Waals surface area contributed by atoms with Crippen LogP contribution in [0.1, 0.15) is 41.4 Å². The lowest BCUT2D eigenvalue weighted by Crippen LogP contribution is -2.31. The highest BCUT2D eigenvalue weighted by atomic mass is 16.5. The van der Waals surface area contributed by atoms with E-state index in [2.05, 4.69) is 29.1 Å². The van der Waals surface area contributed by atoms with E-state index in [9.17, 15) is 9.59 Å².